The number of rotatable bonds is 3. The minimum absolute atomic E-state index is 0.0226. The van der Waals surface area contributed by atoms with E-state index in [0.29, 0.717) is 3.57 Å². The van der Waals surface area contributed by atoms with Crippen molar-refractivity contribution in [3.05, 3.63) is 58.0 Å². The van der Waals surface area contributed by atoms with Gasteiger partial charge in [-0.15, -0.1) is 0 Å². The minimum atomic E-state index is -4.02. The van der Waals surface area contributed by atoms with Gasteiger partial charge in [0.1, 0.15) is 17.1 Å². The summed E-state index contributed by atoms with van der Waals surface area (Å²) < 4.78 is 42.1. The lowest BCUT2D eigenvalue weighted by molar-refractivity contribution is 0.477. The van der Waals surface area contributed by atoms with Gasteiger partial charge < -0.3 is 5.11 Å². The Kier molecular flexibility index (Phi) is 4.11. The van der Waals surface area contributed by atoms with Gasteiger partial charge in [-0.1, -0.05) is 12.1 Å². The van der Waals surface area contributed by atoms with Gasteiger partial charge in [0.25, 0.3) is 10.0 Å². The number of benzene rings is 2. The van der Waals surface area contributed by atoms with Gasteiger partial charge in [-0.3, -0.25) is 9.71 Å². The molecule has 2 N–H and O–H groups in total. The largest absolute Gasteiger partial charge is 0.506 e. The summed E-state index contributed by atoms with van der Waals surface area (Å²) in [7, 11) is -4.02. The molecule has 0 fully saturated rings. The molecule has 0 radical (unpaired) electrons. The zero-order valence-electron chi connectivity index (χ0n) is 11.5. The molecule has 0 amide bonds. The predicted molar refractivity (Wildman–Crippen MR) is 93.3 cm³/mol. The molecule has 0 saturated heterocycles. The molecule has 118 valence electrons. The monoisotopic (exact) mass is 444 g/mol. The molecule has 0 spiro atoms. The summed E-state index contributed by atoms with van der Waals surface area (Å²) in [6.07, 6.45) is 1.46. The van der Waals surface area contributed by atoms with Crippen LogP contribution in [0.2, 0.25) is 0 Å². The van der Waals surface area contributed by atoms with E-state index in [1.54, 1.807) is 18.2 Å². The van der Waals surface area contributed by atoms with Gasteiger partial charge >= 0.3 is 0 Å². The Hall–Kier alpha value is -1.94. The summed E-state index contributed by atoms with van der Waals surface area (Å²) in [4.78, 5) is 3.85. The zero-order chi connectivity index (χ0) is 16.6. The van der Waals surface area contributed by atoms with E-state index >= 15 is 0 Å². The molecule has 0 aliphatic rings. The molecular weight excluding hydrogens is 434 g/mol. The van der Waals surface area contributed by atoms with Crippen LogP contribution in [0.5, 0.6) is 5.75 Å². The van der Waals surface area contributed by atoms with E-state index in [-0.39, 0.29) is 27.2 Å². The third-order valence-electron chi connectivity index (χ3n) is 3.16. The van der Waals surface area contributed by atoms with Crippen LogP contribution in [-0.2, 0) is 10.0 Å². The summed E-state index contributed by atoms with van der Waals surface area (Å²) in [6, 6.07) is 9.74. The van der Waals surface area contributed by atoms with Crippen molar-refractivity contribution in [2.24, 2.45) is 0 Å². The Morgan fingerprint density at radius 2 is 1.91 bits per heavy atom. The van der Waals surface area contributed by atoms with Crippen molar-refractivity contribution < 1.29 is 17.9 Å². The van der Waals surface area contributed by atoms with Crippen LogP contribution >= 0.6 is 22.6 Å². The minimum Gasteiger partial charge on any atom is -0.506 e. The smallest absolute Gasteiger partial charge is 0.262 e. The number of halogens is 2. The van der Waals surface area contributed by atoms with Crippen molar-refractivity contribution in [1.29, 1.82) is 0 Å². The lowest BCUT2D eigenvalue weighted by atomic mass is 10.2. The molecule has 0 aliphatic carbocycles. The topological polar surface area (TPSA) is 79.3 Å². The molecule has 5 nitrogen and oxygen atoms in total. The number of aromatic nitrogens is 1. The molecule has 8 heteroatoms. The molecular formula is C15H10FIN2O3S. The number of sulfonamides is 1. The number of nitrogens with zero attached hydrogens (tertiary/aromatic N) is 1. The molecule has 23 heavy (non-hydrogen) atoms. The van der Waals surface area contributed by atoms with Crippen LogP contribution in [0, 0.1) is 9.39 Å². The molecule has 0 bridgehead atoms. The maximum Gasteiger partial charge on any atom is 0.262 e. The maximum atomic E-state index is 13.9. The summed E-state index contributed by atoms with van der Waals surface area (Å²) in [6.45, 7) is 0. The highest BCUT2D eigenvalue weighted by molar-refractivity contribution is 14.1. The normalized spacial score (nSPS) is 11.6. The van der Waals surface area contributed by atoms with Crippen molar-refractivity contribution >= 4 is 49.2 Å². The Balaban J connectivity index is 2.17. The number of fused-ring (bicyclic) bond motifs is 1. The number of aromatic hydroxyl groups is 1. The van der Waals surface area contributed by atoms with Gasteiger partial charge in [0.2, 0.25) is 0 Å². The van der Waals surface area contributed by atoms with Crippen LogP contribution in [0.3, 0.4) is 0 Å². The van der Waals surface area contributed by atoms with Crippen molar-refractivity contribution in [1.82, 2.24) is 4.98 Å². The van der Waals surface area contributed by atoms with Gasteiger partial charge in [-0.25, -0.2) is 12.8 Å². The summed E-state index contributed by atoms with van der Waals surface area (Å²) >= 11 is 1.97. The third-order valence-corrected chi connectivity index (χ3v) is 5.18. The second-order valence-corrected chi connectivity index (χ2v) is 7.61. The van der Waals surface area contributed by atoms with Gasteiger partial charge in [0.15, 0.2) is 0 Å². The van der Waals surface area contributed by atoms with Crippen LogP contribution in [0.25, 0.3) is 10.9 Å². The number of nitrogens with one attached hydrogen (secondary N) is 1. The lowest BCUT2D eigenvalue weighted by Crippen LogP contribution is -2.14. The molecule has 0 aliphatic heterocycles. The van der Waals surface area contributed by atoms with Gasteiger partial charge in [-0.05, 0) is 52.9 Å². The van der Waals surface area contributed by atoms with E-state index in [0.717, 1.165) is 6.07 Å². The highest BCUT2D eigenvalue weighted by atomic mass is 127. The van der Waals surface area contributed by atoms with Crippen LogP contribution in [0.1, 0.15) is 0 Å². The van der Waals surface area contributed by atoms with E-state index in [1.807, 2.05) is 22.6 Å². The molecule has 3 aromatic rings. The summed E-state index contributed by atoms with van der Waals surface area (Å²) in [5.41, 5.74) is 0.0223. The number of para-hydroxylation sites is 2. The van der Waals surface area contributed by atoms with E-state index < -0.39 is 15.8 Å². The quantitative estimate of drug-likeness (QED) is 0.479. The number of hydrogen-bond donors (Lipinski definition) is 2. The van der Waals surface area contributed by atoms with E-state index in [9.17, 15) is 17.9 Å². The van der Waals surface area contributed by atoms with E-state index in [4.69, 9.17) is 0 Å². The van der Waals surface area contributed by atoms with Crippen molar-refractivity contribution in [3.8, 4) is 5.75 Å². The Morgan fingerprint density at radius 3 is 2.65 bits per heavy atom. The second-order valence-electron chi connectivity index (χ2n) is 4.72. The van der Waals surface area contributed by atoms with Gasteiger partial charge in [0.05, 0.1) is 10.6 Å². The fraction of sp³-hybridized carbons (Fsp3) is 0. The number of phenols is 1. The molecule has 0 atom stereocenters. The zero-order valence-corrected chi connectivity index (χ0v) is 14.5. The third kappa shape index (κ3) is 3.08. The highest BCUT2D eigenvalue weighted by Crippen LogP contribution is 2.29. The molecule has 0 unspecified atom stereocenters. The first-order valence-electron chi connectivity index (χ1n) is 6.43. The standard InChI is InChI=1S/C15H10FIN2O3S/c16-11-5-6-14(10-7-9(17)8-18-15(10)11)23(21,22)19-12-3-1-2-4-13(12)20/h1-8,19-20H. The number of anilines is 1. The Labute approximate surface area is 145 Å². The Morgan fingerprint density at radius 1 is 1.17 bits per heavy atom. The number of phenolic OH excluding ortho intramolecular Hbond substituents is 1. The van der Waals surface area contributed by atoms with E-state index in [1.165, 1.54) is 24.4 Å². The van der Waals surface area contributed by atoms with Crippen LogP contribution < -0.4 is 4.72 Å². The first-order valence-corrected chi connectivity index (χ1v) is 8.99. The number of pyridine rings is 1. The van der Waals surface area contributed by atoms with Crippen molar-refractivity contribution in [3.63, 3.8) is 0 Å². The molecule has 3 rings (SSSR count). The fourth-order valence-electron chi connectivity index (χ4n) is 2.13. The predicted octanol–water partition coefficient (Wildman–Crippen LogP) is 3.48. The molecule has 2 aromatic carbocycles. The van der Waals surface area contributed by atoms with Gasteiger partial charge in [0, 0.05) is 15.2 Å². The van der Waals surface area contributed by atoms with E-state index in [2.05, 4.69) is 9.71 Å². The van der Waals surface area contributed by atoms with Crippen molar-refractivity contribution in [2.75, 3.05) is 4.72 Å². The van der Waals surface area contributed by atoms with Crippen molar-refractivity contribution in [2.45, 2.75) is 4.90 Å². The lowest BCUT2D eigenvalue weighted by Gasteiger charge is -2.12. The van der Waals surface area contributed by atoms with Crippen LogP contribution in [0.15, 0.2) is 53.6 Å². The van der Waals surface area contributed by atoms with Crippen LogP contribution in [-0.4, -0.2) is 18.5 Å². The highest BCUT2D eigenvalue weighted by Gasteiger charge is 2.21. The molecule has 1 aromatic heterocycles. The maximum absolute atomic E-state index is 13.9. The fourth-order valence-corrected chi connectivity index (χ4v) is 3.84. The summed E-state index contributed by atoms with van der Waals surface area (Å²) in [5, 5.41) is 9.90. The molecule has 0 saturated carbocycles. The number of hydrogen-bond acceptors (Lipinski definition) is 4. The molecule has 1 heterocycles. The Bertz CT molecular complexity index is 1010. The average molecular weight is 444 g/mol. The SMILES string of the molecule is O=S(=O)(Nc1ccccc1O)c1ccc(F)c2ncc(I)cc12. The first kappa shape index (κ1) is 15.9. The second kappa shape index (κ2) is 5.93. The summed E-state index contributed by atoms with van der Waals surface area (Å²) in [5.74, 6) is -0.798. The van der Waals surface area contributed by atoms with Gasteiger partial charge in [-0.2, -0.15) is 0 Å². The average Bonchev–Trinajstić information content (AvgIpc) is 2.49. The first-order chi connectivity index (χ1) is 10.9. The van der Waals surface area contributed by atoms with Crippen LogP contribution in [0.4, 0.5) is 10.1 Å².